The highest BCUT2D eigenvalue weighted by molar-refractivity contribution is 7.45. The Bertz CT molecular complexity index is 1130. The Morgan fingerprint density at radius 1 is 0.857 bits per heavy atom. The summed E-state index contributed by atoms with van der Waals surface area (Å²) >= 11 is 0. The van der Waals surface area contributed by atoms with Crippen molar-refractivity contribution < 1.29 is 47.9 Å². The van der Waals surface area contributed by atoms with Gasteiger partial charge in [-0.25, -0.2) is 0 Å². The van der Waals surface area contributed by atoms with Crippen LogP contribution in [0.1, 0.15) is 168 Å². The summed E-state index contributed by atoms with van der Waals surface area (Å²) in [5.41, 5.74) is 0. The second kappa shape index (κ2) is 31.5. The average Bonchev–Trinajstić information content (AvgIpc) is 3.40. The van der Waals surface area contributed by atoms with E-state index in [0.717, 1.165) is 57.8 Å². The number of carbonyl (C=O) groups excluding carboxylic acids is 2. The molecule has 1 saturated carbocycles. The average molecular weight is 815 g/mol. The summed E-state index contributed by atoms with van der Waals surface area (Å²) in [6.45, 7) is 4.32. The molecule has 1 amide bonds. The second-order valence-corrected chi connectivity index (χ2v) is 18.6. The molecular formula is C44H83N2O9P. The lowest BCUT2D eigenvalue weighted by Gasteiger charge is -2.29. The van der Waals surface area contributed by atoms with Gasteiger partial charge in [0.25, 0.3) is 7.82 Å². The first-order valence-electron chi connectivity index (χ1n) is 22.3. The third kappa shape index (κ3) is 27.3. The molecule has 4 N–H and O–H groups in total. The predicted molar refractivity (Wildman–Crippen MR) is 225 cm³/mol. The SMILES string of the molecule is CCCCCCCCCCCCCC/C=C/[C@@H](O)[C@H](COP(=O)([O-])OCC[N+](C)(C)C)NC(=O)CCCCCC[C@H]1C(=O)C[C@@H](O)[C@@H]1/C=C/[C@@H](O)CCCCC. The standard InChI is InChI=1S/C44H83N2O9P/c1-6-8-10-11-12-13-14-15-16-17-18-19-20-25-29-41(48)40(36-55-56(52,53)54-34-33-46(3,4)5)45-44(51)30-26-22-21-24-28-38-39(43(50)35-42(38)49)32-31-37(47)27-23-9-7-2/h25,29,31-32,37-41,43,47-48,50H,6-24,26-28,30,33-36H2,1-5H3,(H-,45,51,52,53)/b29-25+,32-31+/t37-,38+,39+,40-,41+,43+/m0/s1. The number of allylic oxidation sites excluding steroid dienone is 1. The number of hydrogen-bond donors (Lipinski definition) is 4. The Labute approximate surface area is 341 Å². The third-order valence-electron chi connectivity index (χ3n) is 10.8. The number of unbranched alkanes of at least 4 members (excludes halogenated alkanes) is 17. The predicted octanol–water partition coefficient (Wildman–Crippen LogP) is 8.09. The van der Waals surface area contributed by atoms with Gasteiger partial charge >= 0.3 is 0 Å². The van der Waals surface area contributed by atoms with Crippen LogP contribution in [-0.4, -0.2) is 96.7 Å². The van der Waals surface area contributed by atoms with Crippen molar-refractivity contribution in [2.24, 2.45) is 11.8 Å². The molecule has 328 valence electrons. The molecule has 0 saturated heterocycles. The fourth-order valence-electron chi connectivity index (χ4n) is 7.16. The molecule has 0 aromatic rings. The van der Waals surface area contributed by atoms with Crippen molar-refractivity contribution in [2.45, 2.75) is 192 Å². The van der Waals surface area contributed by atoms with Crippen LogP contribution in [0.4, 0.5) is 0 Å². The number of amides is 1. The van der Waals surface area contributed by atoms with Crippen molar-refractivity contribution in [1.82, 2.24) is 5.32 Å². The van der Waals surface area contributed by atoms with E-state index in [1.54, 1.807) is 12.2 Å². The van der Waals surface area contributed by atoms with Crippen molar-refractivity contribution in [3.05, 3.63) is 24.3 Å². The minimum absolute atomic E-state index is 0.0437. The second-order valence-electron chi connectivity index (χ2n) is 17.2. The van der Waals surface area contributed by atoms with Gasteiger partial charge in [0.2, 0.25) is 5.91 Å². The van der Waals surface area contributed by atoms with Crippen LogP contribution in [0.2, 0.25) is 0 Å². The maximum absolute atomic E-state index is 13.0. The van der Waals surface area contributed by atoms with Crippen LogP contribution in [0.3, 0.4) is 0 Å². The summed E-state index contributed by atoms with van der Waals surface area (Å²) in [6, 6.07) is -0.972. The molecule has 0 aliphatic heterocycles. The van der Waals surface area contributed by atoms with Gasteiger partial charge in [0.15, 0.2) is 0 Å². The summed E-state index contributed by atoms with van der Waals surface area (Å²) in [5, 5.41) is 34.5. The molecule has 0 heterocycles. The molecule has 11 nitrogen and oxygen atoms in total. The lowest BCUT2D eigenvalue weighted by Crippen LogP contribution is -2.45. The number of hydrogen-bond acceptors (Lipinski definition) is 9. The van der Waals surface area contributed by atoms with Gasteiger partial charge in [0.05, 0.1) is 52.1 Å². The zero-order valence-corrected chi connectivity index (χ0v) is 36.9. The molecule has 1 unspecified atom stereocenters. The minimum atomic E-state index is -4.65. The van der Waals surface area contributed by atoms with Gasteiger partial charge in [-0.15, -0.1) is 0 Å². The minimum Gasteiger partial charge on any atom is -0.756 e. The molecule has 7 atom stereocenters. The number of nitrogens with zero attached hydrogens (tertiary/aromatic N) is 1. The van der Waals surface area contributed by atoms with Crippen molar-refractivity contribution in [1.29, 1.82) is 0 Å². The number of rotatable bonds is 36. The number of carbonyl (C=O) groups is 2. The Morgan fingerprint density at radius 2 is 1.43 bits per heavy atom. The van der Waals surface area contributed by atoms with Gasteiger partial charge in [0, 0.05) is 24.7 Å². The number of Topliss-reactive ketones (excluding diaryl/α,β-unsaturated/α-hetero) is 1. The molecule has 0 aromatic carbocycles. The Balaban J connectivity index is 2.54. The smallest absolute Gasteiger partial charge is 0.268 e. The van der Waals surface area contributed by atoms with Crippen LogP contribution in [0.25, 0.3) is 0 Å². The van der Waals surface area contributed by atoms with Crippen molar-refractivity contribution in [3.63, 3.8) is 0 Å². The largest absolute Gasteiger partial charge is 0.756 e. The van der Waals surface area contributed by atoms with Crippen LogP contribution < -0.4 is 10.2 Å². The van der Waals surface area contributed by atoms with Gasteiger partial charge in [-0.3, -0.25) is 14.2 Å². The number of phosphoric ester groups is 1. The first kappa shape index (κ1) is 52.6. The summed E-state index contributed by atoms with van der Waals surface area (Å²) in [5.74, 6) is -0.805. The monoisotopic (exact) mass is 815 g/mol. The molecule has 0 spiro atoms. The molecule has 56 heavy (non-hydrogen) atoms. The highest BCUT2D eigenvalue weighted by Crippen LogP contribution is 2.38. The van der Waals surface area contributed by atoms with Crippen LogP contribution in [0.5, 0.6) is 0 Å². The van der Waals surface area contributed by atoms with Gasteiger partial charge in [0.1, 0.15) is 18.9 Å². The van der Waals surface area contributed by atoms with E-state index < -0.39 is 38.8 Å². The molecule has 1 fully saturated rings. The lowest BCUT2D eigenvalue weighted by atomic mass is 9.88. The maximum atomic E-state index is 13.0. The maximum Gasteiger partial charge on any atom is 0.268 e. The zero-order chi connectivity index (χ0) is 41.7. The lowest BCUT2D eigenvalue weighted by molar-refractivity contribution is -0.870. The van der Waals surface area contributed by atoms with Crippen LogP contribution in [0, 0.1) is 11.8 Å². The molecule has 1 aliphatic carbocycles. The number of aliphatic hydroxyl groups excluding tert-OH is 3. The molecule has 0 aromatic heterocycles. The molecule has 1 aliphatic rings. The van der Waals surface area contributed by atoms with E-state index in [1.165, 1.54) is 64.2 Å². The Hall–Kier alpha value is -1.43. The summed E-state index contributed by atoms with van der Waals surface area (Å²) in [6.07, 6.45) is 28.2. The normalized spacial score (nSPS) is 20.5. The van der Waals surface area contributed by atoms with Crippen LogP contribution >= 0.6 is 7.82 Å². The number of ketones is 1. The number of phosphoric acid groups is 1. The first-order valence-corrected chi connectivity index (χ1v) is 23.8. The summed E-state index contributed by atoms with van der Waals surface area (Å²) < 4.78 is 23.2. The number of nitrogens with one attached hydrogen (secondary N) is 1. The Kier molecular flexibility index (Phi) is 29.6. The van der Waals surface area contributed by atoms with E-state index in [2.05, 4.69) is 19.2 Å². The topological polar surface area (TPSA) is 165 Å². The number of likely N-dealkylation sites (N-methyl/N-ethyl adjacent to an activating group) is 1. The van der Waals surface area contributed by atoms with E-state index >= 15 is 0 Å². The molecule has 0 radical (unpaired) electrons. The van der Waals surface area contributed by atoms with Gasteiger partial charge < -0.3 is 39.1 Å². The van der Waals surface area contributed by atoms with Crippen molar-refractivity contribution >= 4 is 19.5 Å². The zero-order valence-electron chi connectivity index (χ0n) is 36.1. The molecule has 12 heteroatoms. The van der Waals surface area contributed by atoms with Gasteiger partial charge in [-0.05, 0) is 32.1 Å². The molecule has 1 rings (SSSR count). The number of quaternary nitrogens is 1. The summed E-state index contributed by atoms with van der Waals surface area (Å²) in [7, 11) is 1.11. The molecule has 0 bridgehead atoms. The highest BCUT2D eigenvalue weighted by Gasteiger charge is 2.39. The fourth-order valence-corrected chi connectivity index (χ4v) is 7.89. The number of aliphatic hydroxyl groups is 3. The Morgan fingerprint density at radius 3 is 2.05 bits per heavy atom. The van der Waals surface area contributed by atoms with E-state index in [0.29, 0.717) is 30.3 Å². The highest BCUT2D eigenvalue weighted by atomic mass is 31.2. The third-order valence-corrected chi connectivity index (χ3v) is 11.8. The van der Waals surface area contributed by atoms with Crippen molar-refractivity contribution in [3.8, 4) is 0 Å². The first-order chi connectivity index (χ1) is 26.7. The van der Waals surface area contributed by atoms with Gasteiger partial charge in [-0.1, -0.05) is 147 Å². The summed E-state index contributed by atoms with van der Waals surface area (Å²) in [4.78, 5) is 38.1. The molecular weight excluding hydrogens is 731 g/mol. The van der Waals surface area contributed by atoms with Crippen molar-refractivity contribution in [2.75, 3.05) is 40.9 Å². The quantitative estimate of drug-likeness (QED) is 0.0212. The fraction of sp³-hybridized carbons (Fsp3) is 0.864. The van der Waals surface area contributed by atoms with E-state index in [-0.39, 0.29) is 43.0 Å². The van der Waals surface area contributed by atoms with Crippen LogP contribution in [-0.2, 0) is 23.2 Å². The van der Waals surface area contributed by atoms with E-state index in [1.807, 2.05) is 33.3 Å². The van der Waals surface area contributed by atoms with E-state index in [9.17, 15) is 34.4 Å². The van der Waals surface area contributed by atoms with E-state index in [4.69, 9.17) is 9.05 Å². The van der Waals surface area contributed by atoms with Crippen LogP contribution in [0.15, 0.2) is 24.3 Å². The van der Waals surface area contributed by atoms with Gasteiger partial charge in [-0.2, -0.15) is 0 Å².